The maximum absolute atomic E-state index is 13.8. The number of aryl methyl sites for hydroxylation is 2. The molecule has 1 aliphatic heterocycles. The Bertz CT molecular complexity index is 1080. The van der Waals surface area contributed by atoms with Gasteiger partial charge in [0.25, 0.3) is 0 Å². The Hall–Kier alpha value is -3.46. The van der Waals surface area contributed by atoms with E-state index in [2.05, 4.69) is 18.2 Å². The minimum Gasteiger partial charge on any atom is -0.274 e. The summed E-state index contributed by atoms with van der Waals surface area (Å²) in [5.74, 6) is -1.24. The van der Waals surface area contributed by atoms with E-state index >= 15 is 0 Å². The topological polar surface area (TPSA) is 37.4 Å². The molecular formula is C28H25NO2. The summed E-state index contributed by atoms with van der Waals surface area (Å²) in [6.07, 6.45) is 4.26. The Labute approximate surface area is 183 Å². The second-order valence-electron chi connectivity index (χ2n) is 8.67. The molecule has 1 aliphatic carbocycles. The number of carbonyl (C=O) groups is 2. The van der Waals surface area contributed by atoms with Crippen LogP contribution in [0.25, 0.3) is 0 Å². The van der Waals surface area contributed by atoms with E-state index in [0.29, 0.717) is 5.69 Å². The van der Waals surface area contributed by atoms with Crippen LogP contribution in [-0.2, 0) is 9.59 Å². The molecule has 0 unspecified atom stereocenters. The van der Waals surface area contributed by atoms with Crippen molar-refractivity contribution < 1.29 is 9.59 Å². The molecule has 1 heterocycles. The highest BCUT2D eigenvalue weighted by Gasteiger charge is 2.55. The molecule has 2 aliphatic rings. The number of amides is 2. The van der Waals surface area contributed by atoms with E-state index in [4.69, 9.17) is 0 Å². The Kier molecular flexibility index (Phi) is 4.82. The Morgan fingerprint density at radius 3 is 1.45 bits per heavy atom. The molecule has 3 nitrogen and oxygen atoms in total. The highest BCUT2D eigenvalue weighted by molar-refractivity contribution is 6.23. The van der Waals surface area contributed by atoms with Crippen LogP contribution < -0.4 is 4.90 Å². The van der Waals surface area contributed by atoms with Gasteiger partial charge in [-0.3, -0.25) is 9.59 Å². The summed E-state index contributed by atoms with van der Waals surface area (Å²) in [6.45, 7) is 3.99. The van der Waals surface area contributed by atoms with Crippen molar-refractivity contribution in [2.24, 2.45) is 11.8 Å². The lowest BCUT2D eigenvalue weighted by Gasteiger charge is -2.32. The van der Waals surface area contributed by atoms with Crippen LogP contribution in [0.3, 0.4) is 0 Å². The van der Waals surface area contributed by atoms with Crippen molar-refractivity contribution in [3.8, 4) is 0 Å². The molecule has 1 saturated heterocycles. The maximum atomic E-state index is 13.8. The number of carbonyl (C=O) groups excluding carboxylic acids is 2. The SMILES string of the molecule is Cc1cc(C)cc(N2C(=O)[C@H]3[C@H](C2=O)[C@@H](c2ccccc2)C=C[C@@H]3c2ccccc2)c1. The average Bonchev–Trinajstić information content (AvgIpc) is 3.04. The van der Waals surface area contributed by atoms with E-state index in [1.807, 2.05) is 86.6 Å². The molecule has 0 bridgehead atoms. The van der Waals surface area contributed by atoms with Crippen LogP contribution in [-0.4, -0.2) is 11.8 Å². The smallest absolute Gasteiger partial charge is 0.238 e. The van der Waals surface area contributed by atoms with E-state index in [9.17, 15) is 9.59 Å². The molecule has 0 N–H and O–H groups in total. The number of imide groups is 1. The number of fused-ring (bicyclic) bond motifs is 1. The molecule has 154 valence electrons. The number of allylic oxidation sites excluding steroid dienone is 2. The molecule has 0 saturated carbocycles. The molecule has 5 rings (SSSR count). The molecule has 3 aromatic rings. The summed E-state index contributed by atoms with van der Waals surface area (Å²) >= 11 is 0. The summed E-state index contributed by atoms with van der Waals surface area (Å²) in [7, 11) is 0. The lowest BCUT2D eigenvalue weighted by Crippen LogP contribution is -2.31. The van der Waals surface area contributed by atoms with Crippen LogP contribution in [0.4, 0.5) is 5.69 Å². The quantitative estimate of drug-likeness (QED) is 0.422. The molecule has 2 amide bonds. The zero-order valence-corrected chi connectivity index (χ0v) is 17.7. The van der Waals surface area contributed by atoms with Gasteiger partial charge in [0.1, 0.15) is 0 Å². The standard InChI is InChI=1S/C28H25NO2/c1-18-15-19(2)17-22(16-18)29-27(30)25-23(20-9-5-3-6-10-20)13-14-24(26(25)28(29)31)21-11-7-4-8-12-21/h3-17,23-26H,1-2H3/t23-,24-,25-,26-/m1/s1. The first-order chi connectivity index (χ1) is 15.0. The van der Waals surface area contributed by atoms with E-state index < -0.39 is 11.8 Å². The molecule has 0 spiro atoms. The second kappa shape index (κ2) is 7.66. The number of rotatable bonds is 3. The summed E-state index contributed by atoms with van der Waals surface area (Å²) in [5, 5.41) is 0. The number of nitrogens with zero attached hydrogens (tertiary/aromatic N) is 1. The average molecular weight is 408 g/mol. The monoisotopic (exact) mass is 407 g/mol. The third-order valence-corrected chi connectivity index (χ3v) is 6.53. The first-order valence-electron chi connectivity index (χ1n) is 10.8. The van der Waals surface area contributed by atoms with Crippen LogP contribution in [0.15, 0.2) is 91.0 Å². The molecular weight excluding hydrogens is 382 g/mol. The van der Waals surface area contributed by atoms with Gasteiger partial charge < -0.3 is 0 Å². The van der Waals surface area contributed by atoms with Crippen molar-refractivity contribution in [1.82, 2.24) is 0 Å². The van der Waals surface area contributed by atoms with Crippen LogP contribution in [0.2, 0.25) is 0 Å². The fraction of sp³-hybridized carbons (Fsp3) is 0.214. The Balaban J connectivity index is 1.64. The highest BCUT2D eigenvalue weighted by atomic mass is 16.2. The van der Waals surface area contributed by atoms with Gasteiger partial charge >= 0.3 is 0 Å². The largest absolute Gasteiger partial charge is 0.274 e. The van der Waals surface area contributed by atoms with Crippen LogP contribution in [0.1, 0.15) is 34.1 Å². The van der Waals surface area contributed by atoms with Crippen molar-refractivity contribution in [3.63, 3.8) is 0 Å². The number of anilines is 1. The van der Waals surface area contributed by atoms with Gasteiger partial charge in [0, 0.05) is 11.8 Å². The van der Waals surface area contributed by atoms with Gasteiger partial charge in [-0.1, -0.05) is 78.9 Å². The number of hydrogen-bond acceptors (Lipinski definition) is 2. The van der Waals surface area contributed by atoms with Crippen molar-refractivity contribution in [3.05, 3.63) is 113 Å². The summed E-state index contributed by atoms with van der Waals surface area (Å²) in [4.78, 5) is 29.0. The lowest BCUT2D eigenvalue weighted by molar-refractivity contribution is -0.122. The first kappa shape index (κ1) is 19.5. The summed E-state index contributed by atoms with van der Waals surface area (Å²) in [5.41, 5.74) is 4.92. The predicted molar refractivity (Wildman–Crippen MR) is 123 cm³/mol. The highest BCUT2D eigenvalue weighted by Crippen LogP contribution is 2.50. The molecule has 3 heteroatoms. The van der Waals surface area contributed by atoms with Gasteiger partial charge in [0.15, 0.2) is 0 Å². The number of benzene rings is 3. The Morgan fingerprint density at radius 1 is 0.613 bits per heavy atom. The van der Waals surface area contributed by atoms with Gasteiger partial charge in [-0.15, -0.1) is 0 Å². The zero-order chi connectivity index (χ0) is 21.5. The minimum atomic E-state index is -0.411. The van der Waals surface area contributed by atoms with E-state index in [1.165, 1.54) is 4.90 Å². The first-order valence-corrected chi connectivity index (χ1v) is 10.8. The van der Waals surface area contributed by atoms with Crippen LogP contribution >= 0.6 is 0 Å². The summed E-state index contributed by atoms with van der Waals surface area (Å²) < 4.78 is 0. The van der Waals surface area contributed by atoms with Crippen molar-refractivity contribution in [2.45, 2.75) is 25.7 Å². The fourth-order valence-electron chi connectivity index (χ4n) is 5.27. The van der Waals surface area contributed by atoms with Crippen molar-refractivity contribution >= 4 is 17.5 Å². The van der Waals surface area contributed by atoms with E-state index in [1.54, 1.807) is 0 Å². The van der Waals surface area contributed by atoms with E-state index in [-0.39, 0.29) is 23.7 Å². The maximum Gasteiger partial charge on any atom is 0.238 e. The van der Waals surface area contributed by atoms with E-state index in [0.717, 1.165) is 22.3 Å². The summed E-state index contributed by atoms with van der Waals surface area (Å²) in [6, 6.07) is 26.0. The molecule has 1 fully saturated rings. The molecule has 3 aromatic carbocycles. The molecule has 0 aromatic heterocycles. The molecule has 31 heavy (non-hydrogen) atoms. The van der Waals surface area contributed by atoms with Gasteiger partial charge in [-0.2, -0.15) is 0 Å². The number of hydrogen-bond donors (Lipinski definition) is 0. The van der Waals surface area contributed by atoms with Crippen LogP contribution in [0, 0.1) is 25.7 Å². The van der Waals surface area contributed by atoms with Gasteiger partial charge in [-0.05, 0) is 48.2 Å². The van der Waals surface area contributed by atoms with Crippen molar-refractivity contribution in [1.29, 1.82) is 0 Å². The molecule has 0 radical (unpaired) electrons. The van der Waals surface area contributed by atoms with Gasteiger partial charge in [-0.25, -0.2) is 4.90 Å². The third-order valence-electron chi connectivity index (χ3n) is 6.53. The normalized spacial score (nSPS) is 25.0. The lowest BCUT2D eigenvalue weighted by atomic mass is 9.68. The fourth-order valence-corrected chi connectivity index (χ4v) is 5.27. The third kappa shape index (κ3) is 3.31. The van der Waals surface area contributed by atoms with Gasteiger partial charge in [0.2, 0.25) is 11.8 Å². The Morgan fingerprint density at radius 2 is 1.03 bits per heavy atom. The van der Waals surface area contributed by atoms with Gasteiger partial charge in [0.05, 0.1) is 17.5 Å². The predicted octanol–water partition coefficient (Wildman–Crippen LogP) is 5.55. The van der Waals surface area contributed by atoms with Crippen molar-refractivity contribution in [2.75, 3.05) is 4.90 Å². The second-order valence-corrected chi connectivity index (χ2v) is 8.67. The molecule has 4 atom stereocenters. The van der Waals surface area contributed by atoms with Crippen LogP contribution in [0.5, 0.6) is 0 Å². The zero-order valence-electron chi connectivity index (χ0n) is 17.7. The minimum absolute atomic E-state index is 0.0980.